The fourth-order valence-corrected chi connectivity index (χ4v) is 2.77. The van der Waals surface area contributed by atoms with Crippen molar-refractivity contribution in [2.24, 2.45) is 0 Å². The summed E-state index contributed by atoms with van der Waals surface area (Å²) in [5, 5.41) is 2.92. The van der Waals surface area contributed by atoms with Gasteiger partial charge in [-0.05, 0) is 35.7 Å². The molecule has 1 amide bonds. The summed E-state index contributed by atoms with van der Waals surface area (Å²) in [5.74, 6) is 0.362. The summed E-state index contributed by atoms with van der Waals surface area (Å²) in [6, 6.07) is 15.3. The number of nitrogens with one attached hydrogen (secondary N) is 1. The zero-order valence-corrected chi connectivity index (χ0v) is 13.1. The Balaban J connectivity index is 2.03. The van der Waals surface area contributed by atoms with E-state index in [2.05, 4.69) is 5.32 Å². The van der Waals surface area contributed by atoms with Gasteiger partial charge in [0.2, 0.25) is 0 Å². The summed E-state index contributed by atoms with van der Waals surface area (Å²) in [7, 11) is -0.906. The molecule has 2 rings (SSSR count). The van der Waals surface area contributed by atoms with Crippen molar-refractivity contribution >= 4 is 16.7 Å². The van der Waals surface area contributed by atoms with E-state index in [1.807, 2.05) is 43.3 Å². The maximum Gasteiger partial charge on any atom is 0.251 e. The Labute approximate surface area is 127 Å². The van der Waals surface area contributed by atoms with Crippen LogP contribution < -0.4 is 5.32 Å². The summed E-state index contributed by atoms with van der Waals surface area (Å²) < 4.78 is 11.3. The predicted molar refractivity (Wildman–Crippen MR) is 86.6 cm³/mol. The van der Waals surface area contributed by atoms with Gasteiger partial charge in [-0.3, -0.25) is 9.00 Å². The number of hydrogen-bond donors (Lipinski definition) is 1. The number of aryl methyl sites for hydroxylation is 1. The fraction of sp³-hybridized carbons (Fsp3) is 0.235. The Bertz CT molecular complexity index is 667. The zero-order valence-electron chi connectivity index (χ0n) is 12.3. The Morgan fingerprint density at radius 3 is 2.62 bits per heavy atom. The first-order valence-corrected chi connectivity index (χ1v) is 8.50. The quantitative estimate of drug-likeness (QED) is 0.923. The molecule has 0 aromatic heterocycles. The molecule has 1 unspecified atom stereocenters. The average Bonchev–Trinajstić information content (AvgIpc) is 2.45. The molecule has 0 heterocycles. The molecule has 2 aromatic rings. The highest BCUT2D eigenvalue weighted by molar-refractivity contribution is 7.83. The van der Waals surface area contributed by atoms with Crippen LogP contribution in [0.3, 0.4) is 0 Å². The van der Waals surface area contributed by atoms with E-state index in [1.54, 1.807) is 18.4 Å². The molecule has 3 nitrogen and oxygen atoms in total. The molecule has 1 N–H and O–H groups in total. The maximum atomic E-state index is 12.2. The minimum atomic E-state index is -0.906. The normalized spacial score (nSPS) is 11.9. The molecule has 0 bridgehead atoms. The summed E-state index contributed by atoms with van der Waals surface area (Å²) in [5.41, 5.74) is 3.79. The van der Waals surface area contributed by atoms with Crippen LogP contribution in [0.25, 0.3) is 0 Å². The second-order valence-electron chi connectivity index (χ2n) is 5.03. The number of carbonyl (C=O) groups excluding carboxylic acids is 1. The largest absolute Gasteiger partial charge is 0.348 e. The monoisotopic (exact) mass is 301 g/mol. The Kier molecular flexibility index (Phi) is 5.28. The van der Waals surface area contributed by atoms with Gasteiger partial charge in [-0.1, -0.05) is 36.4 Å². The second-order valence-corrected chi connectivity index (χ2v) is 6.46. The van der Waals surface area contributed by atoms with E-state index in [4.69, 9.17) is 0 Å². The number of amides is 1. The molecular formula is C17H19NO2S. The lowest BCUT2D eigenvalue weighted by Gasteiger charge is -2.08. The summed E-state index contributed by atoms with van der Waals surface area (Å²) in [6.45, 7) is 2.54. The summed E-state index contributed by atoms with van der Waals surface area (Å²) in [6.07, 6.45) is 1.66. The van der Waals surface area contributed by atoms with Crippen molar-refractivity contribution in [3.8, 4) is 0 Å². The number of carbonyl (C=O) groups is 1. The van der Waals surface area contributed by atoms with Gasteiger partial charge in [0, 0.05) is 34.9 Å². The van der Waals surface area contributed by atoms with Crippen LogP contribution in [-0.4, -0.2) is 16.4 Å². The van der Waals surface area contributed by atoms with Crippen LogP contribution in [0.2, 0.25) is 0 Å². The van der Waals surface area contributed by atoms with E-state index in [9.17, 15) is 9.00 Å². The number of hydrogen-bond acceptors (Lipinski definition) is 2. The molecule has 0 fully saturated rings. The van der Waals surface area contributed by atoms with E-state index >= 15 is 0 Å². The third-order valence-electron chi connectivity index (χ3n) is 3.26. The van der Waals surface area contributed by atoms with Gasteiger partial charge in [-0.2, -0.15) is 0 Å². The van der Waals surface area contributed by atoms with Crippen molar-refractivity contribution in [1.29, 1.82) is 0 Å². The number of rotatable bonds is 5. The highest BCUT2D eigenvalue weighted by Gasteiger charge is 2.07. The number of benzene rings is 2. The van der Waals surface area contributed by atoms with E-state index in [0.29, 0.717) is 17.9 Å². The van der Waals surface area contributed by atoms with Gasteiger partial charge in [-0.25, -0.2) is 0 Å². The molecular weight excluding hydrogens is 282 g/mol. The Morgan fingerprint density at radius 2 is 1.90 bits per heavy atom. The van der Waals surface area contributed by atoms with Gasteiger partial charge in [0.15, 0.2) is 0 Å². The van der Waals surface area contributed by atoms with E-state index < -0.39 is 10.8 Å². The van der Waals surface area contributed by atoms with Crippen LogP contribution in [0.15, 0.2) is 48.5 Å². The molecule has 0 saturated heterocycles. The first-order valence-electron chi connectivity index (χ1n) is 6.78. The van der Waals surface area contributed by atoms with Crippen LogP contribution in [0.1, 0.15) is 27.0 Å². The van der Waals surface area contributed by atoms with Crippen molar-refractivity contribution in [3.63, 3.8) is 0 Å². The average molecular weight is 301 g/mol. The molecule has 0 aliphatic carbocycles. The van der Waals surface area contributed by atoms with Crippen LogP contribution in [0, 0.1) is 6.92 Å². The van der Waals surface area contributed by atoms with Crippen molar-refractivity contribution in [2.45, 2.75) is 19.2 Å². The summed E-state index contributed by atoms with van der Waals surface area (Å²) >= 11 is 0. The third kappa shape index (κ3) is 4.53. The van der Waals surface area contributed by atoms with Gasteiger partial charge >= 0.3 is 0 Å². The van der Waals surface area contributed by atoms with E-state index in [1.165, 1.54) is 0 Å². The van der Waals surface area contributed by atoms with E-state index in [0.717, 1.165) is 16.7 Å². The smallest absolute Gasteiger partial charge is 0.251 e. The third-order valence-corrected chi connectivity index (χ3v) is 4.00. The first-order chi connectivity index (χ1) is 10.1. The molecule has 2 aromatic carbocycles. The fourth-order valence-electron chi connectivity index (χ4n) is 2.12. The first kappa shape index (κ1) is 15.4. The van der Waals surface area contributed by atoms with Crippen LogP contribution >= 0.6 is 0 Å². The minimum absolute atomic E-state index is 0.109. The second kappa shape index (κ2) is 7.18. The zero-order chi connectivity index (χ0) is 15.2. The molecule has 0 radical (unpaired) electrons. The predicted octanol–water partition coefficient (Wildman–Crippen LogP) is 2.80. The van der Waals surface area contributed by atoms with Gasteiger partial charge < -0.3 is 5.32 Å². The highest BCUT2D eigenvalue weighted by atomic mass is 32.2. The van der Waals surface area contributed by atoms with Crippen molar-refractivity contribution < 1.29 is 9.00 Å². The molecule has 0 saturated carbocycles. The van der Waals surface area contributed by atoms with Gasteiger partial charge in [0.25, 0.3) is 5.91 Å². The van der Waals surface area contributed by atoms with Gasteiger partial charge in [0.1, 0.15) is 0 Å². The van der Waals surface area contributed by atoms with Crippen LogP contribution in [0.5, 0.6) is 0 Å². The molecule has 0 aliphatic heterocycles. The molecule has 4 heteroatoms. The van der Waals surface area contributed by atoms with Gasteiger partial charge in [-0.15, -0.1) is 0 Å². The van der Waals surface area contributed by atoms with Gasteiger partial charge in [0.05, 0.1) is 0 Å². The highest BCUT2D eigenvalue weighted by Crippen LogP contribution is 2.09. The standard InChI is InChI=1S/C17H19NO2S/c1-13-6-3-4-8-16(13)11-18-17(19)15-9-5-7-14(10-15)12-21(2)20/h3-10H,11-12H2,1-2H3,(H,18,19). The Hall–Kier alpha value is -1.94. The maximum absolute atomic E-state index is 12.2. The van der Waals surface area contributed by atoms with Crippen LogP contribution in [-0.2, 0) is 23.1 Å². The minimum Gasteiger partial charge on any atom is -0.348 e. The van der Waals surface area contributed by atoms with E-state index in [-0.39, 0.29) is 5.91 Å². The van der Waals surface area contributed by atoms with Crippen molar-refractivity contribution in [2.75, 3.05) is 6.26 Å². The SMILES string of the molecule is Cc1ccccc1CNC(=O)c1cccc(CS(C)=O)c1. The molecule has 0 aliphatic rings. The van der Waals surface area contributed by atoms with Crippen LogP contribution in [0.4, 0.5) is 0 Å². The topological polar surface area (TPSA) is 46.2 Å². The van der Waals surface area contributed by atoms with Crippen molar-refractivity contribution in [1.82, 2.24) is 5.32 Å². The lowest BCUT2D eigenvalue weighted by Crippen LogP contribution is -2.23. The molecule has 1 atom stereocenters. The summed E-state index contributed by atoms with van der Waals surface area (Å²) in [4.78, 5) is 12.2. The Morgan fingerprint density at radius 1 is 1.14 bits per heavy atom. The van der Waals surface area contributed by atoms with Crippen molar-refractivity contribution in [3.05, 3.63) is 70.8 Å². The lowest BCUT2D eigenvalue weighted by molar-refractivity contribution is 0.0951. The molecule has 110 valence electrons. The lowest BCUT2D eigenvalue weighted by atomic mass is 10.1. The molecule has 0 spiro atoms. The molecule has 21 heavy (non-hydrogen) atoms.